The lowest BCUT2D eigenvalue weighted by atomic mass is 9.94. The van der Waals surface area contributed by atoms with Crippen LogP contribution in [0.4, 0.5) is 0 Å². The summed E-state index contributed by atoms with van der Waals surface area (Å²) >= 11 is 0. The molecule has 0 fully saturated rings. The second-order valence-corrected chi connectivity index (χ2v) is 11.1. The first-order valence-electron chi connectivity index (χ1n) is 14.9. The number of furan rings is 1. The molecule has 0 aliphatic carbocycles. The SMILES string of the molecule is c1ccc(-c2nc(-c3ccccc3)nc(-c3ccc(-c4cccc5c4ccc4cc6c(cc45)oc4ccccc46)cn3)n2)cc1. The van der Waals surface area contributed by atoms with Crippen LogP contribution >= 0.6 is 0 Å². The van der Waals surface area contributed by atoms with Crippen molar-refractivity contribution in [1.82, 2.24) is 19.9 Å². The van der Waals surface area contributed by atoms with Gasteiger partial charge in [0.1, 0.15) is 16.9 Å². The predicted molar refractivity (Wildman–Crippen MR) is 182 cm³/mol. The highest BCUT2D eigenvalue weighted by Crippen LogP contribution is 2.38. The van der Waals surface area contributed by atoms with Gasteiger partial charge in [0.2, 0.25) is 0 Å². The standard InChI is InChI=1S/C40H24N4O/c1-3-10-25(11-4-1)38-42-39(26-12-5-2-6-13-26)44-40(43-38)35-21-19-28(24-41-35)29-15-9-16-30-31(29)20-18-27-22-34-32-14-7-8-17-36(32)45-37(34)23-33(27)30/h1-24H. The van der Waals surface area contributed by atoms with Crippen molar-refractivity contribution in [1.29, 1.82) is 0 Å². The van der Waals surface area contributed by atoms with E-state index in [-0.39, 0.29) is 0 Å². The van der Waals surface area contributed by atoms with Crippen molar-refractivity contribution >= 4 is 43.5 Å². The maximum absolute atomic E-state index is 6.23. The molecule has 3 aromatic heterocycles. The minimum atomic E-state index is 0.535. The molecule has 0 unspecified atom stereocenters. The van der Waals surface area contributed by atoms with Crippen LogP contribution in [-0.4, -0.2) is 19.9 Å². The fraction of sp³-hybridized carbons (Fsp3) is 0. The van der Waals surface area contributed by atoms with Crippen LogP contribution in [0.2, 0.25) is 0 Å². The average Bonchev–Trinajstić information content (AvgIpc) is 3.48. The Hall–Kier alpha value is -6.20. The Morgan fingerprint density at radius 3 is 1.82 bits per heavy atom. The Kier molecular flexibility index (Phi) is 5.74. The Bertz CT molecular complexity index is 2460. The topological polar surface area (TPSA) is 64.7 Å². The third kappa shape index (κ3) is 4.33. The smallest absolute Gasteiger partial charge is 0.182 e. The van der Waals surface area contributed by atoms with Gasteiger partial charge >= 0.3 is 0 Å². The van der Waals surface area contributed by atoms with Gasteiger partial charge in [-0.05, 0) is 51.4 Å². The minimum Gasteiger partial charge on any atom is -0.456 e. The summed E-state index contributed by atoms with van der Waals surface area (Å²) in [5.74, 6) is 1.77. The Labute approximate surface area is 258 Å². The molecule has 0 saturated heterocycles. The number of hydrogen-bond donors (Lipinski definition) is 0. The Balaban J connectivity index is 1.14. The maximum atomic E-state index is 6.23. The molecule has 0 bridgehead atoms. The minimum absolute atomic E-state index is 0.535. The maximum Gasteiger partial charge on any atom is 0.182 e. The van der Waals surface area contributed by atoms with Gasteiger partial charge in [0, 0.05) is 33.7 Å². The van der Waals surface area contributed by atoms with E-state index in [1.54, 1.807) is 0 Å². The molecule has 0 atom stereocenters. The Morgan fingerprint density at radius 1 is 0.400 bits per heavy atom. The molecule has 0 saturated carbocycles. The molecule has 5 nitrogen and oxygen atoms in total. The van der Waals surface area contributed by atoms with E-state index in [9.17, 15) is 0 Å². The van der Waals surface area contributed by atoms with Crippen LogP contribution in [0.15, 0.2) is 150 Å². The van der Waals surface area contributed by atoms with Crippen LogP contribution < -0.4 is 0 Å². The lowest BCUT2D eigenvalue weighted by Gasteiger charge is -2.11. The van der Waals surface area contributed by atoms with Crippen LogP contribution in [0.3, 0.4) is 0 Å². The number of benzene rings is 6. The van der Waals surface area contributed by atoms with Crippen molar-refractivity contribution in [3.05, 3.63) is 146 Å². The number of nitrogens with zero attached hydrogens (tertiary/aromatic N) is 4. The van der Waals surface area contributed by atoms with Crippen molar-refractivity contribution in [2.45, 2.75) is 0 Å². The molecule has 0 aliphatic rings. The van der Waals surface area contributed by atoms with Gasteiger partial charge in [0.15, 0.2) is 17.5 Å². The molecule has 0 N–H and O–H groups in total. The fourth-order valence-electron chi connectivity index (χ4n) is 6.17. The average molecular weight is 577 g/mol. The summed E-state index contributed by atoms with van der Waals surface area (Å²) in [5.41, 5.74) is 6.49. The van der Waals surface area contributed by atoms with Gasteiger partial charge in [-0.3, -0.25) is 4.98 Å². The van der Waals surface area contributed by atoms with E-state index in [1.165, 1.54) is 10.8 Å². The monoisotopic (exact) mass is 576 g/mol. The Morgan fingerprint density at radius 2 is 1.09 bits per heavy atom. The summed E-state index contributed by atoms with van der Waals surface area (Å²) in [6, 6.07) is 47.5. The molecule has 210 valence electrons. The van der Waals surface area contributed by atoms with Crippen molar-refractivity contribution in [2.24, 2.45) is 0 Å². The van der Waals surface area contributed by atoms with Gasteiger partial charge in [-0.1, -0.05) is 115 Å². The molecule has 0 radical (unpaired) electrons. The fourth-order valence-corrected chi connectivity index (χ4v) is 6.17. The van der Waals surface area contributed by atoms with E-state index in [2.05, 4.69) is 60.7 Å². The first-order chi connectivity index (χ1) is 22.3. The number of aromatic nitrogens is 4. The lowest BCUT2D eigenvalue weighted by molar-refractivity contribution is 0.669. The molecular weight excluding hydrogens is 552 g/mol. The zero-order valence-corrected chi connectivity index (χ0v) is 24.1. The summed E-state index contributed by atoms with van der Waals surface area (Å²) in [5, 5.41) is 6.96. The summed E-state index contributed by atoms with van der Waals surface area (Å²) < 4.78 is 6.23. The van der Waals surface area contributed by atoms with Crippen LogP contribution in [0.5, 0.6) is 0 Å². The van der Waals surface area contributed by atoms with Crippen molar-refractivity contribution in [3.63, 3.8) is 0 Å². The molecular formula is C40H24N4O. The third-order valence-electron chi connectivity index (χ3n) is 8.38. The molecule has 0 aliphatic heterocycles. The highest BCUT2D eigenvalue weighted by Gasteiger charge is 2.15. The highest BCUT2D eigenvalue weighted by molar-refractivity contribution is 6.18. The van der Waals surface area contributed by atoms with Crippen LogP contribution in [-0.2, 0) is 0 Å². The number of rotatable bonds is 4. The summed E-state index contributed by atoms with van der Waals surface area (Å²) in [7, 11) is 0. The quantitative estimate of drug-likeness (QED) is 0.195. The molecule has 9 rings (SSSR count). The van der Waals surface area contributed by atoms with Gasteiger partial charge in [-0.2, -0.15) is 0 Å². The molecule has 0 amide bonds. The third-order valence-corrected chi connectivity index (χ3v) is 8.38. The van der Waals surface area contributed by atoms with Crippen molar-refractivity contribution < 1.29 is 4.42 Å². The van der Waals surface area contributed by atoms with Gasteiger partial charge in [-0.15, -0.1) is 0 Å². The van der Waals surface area contributed by atoms with Crippen molar-refractivity contribution in [2.75, 3.05) is 0 Å². The molecule has 6 aromatic carbocycles. The summed E-state index contributed by atoms with van der Waals surface area (Å²) in [6.07, 6.45) is 1.91. The van der Waals surface area contributed by atoms with E-state index in [4.69, 9.17) is 24.4 Å². The largest absolute Gasteiger partial charge is 0.456 e. The highest BCUT2D eigenvalue weighted by atomic mass is 16.3. The molecule has 0 spiro atoms. The van der Waals surface area contributed by atoms with Crippen molar-refractivity contribution in [3.8, 4) is 45.4 Å². The number of fused-ring (bicyclic) bond motifs is 6. The van der Waals surface area contributed by atoms with Gasteiger partial charge < -0.3 is 4.42 Å². The second kappa shape index (κ2) is 10.2. The molecule has 45 heavy (non-hydrogen) atoms. The first kappa shape index (κ1) is 25.3. The number of pyridine rings is 1. The van der Waals surface area contributed by atoms with Crippen LogP contribution in [0, 0.1) is 0 Å². The lowest BCUT2D eigenvalue weighted by Crippen LogP contribution is -2.01. The first-order valence-corrected chi connectivity index (χ1v) is 14.9. The van der Waals surface area contributed by atoms with E-state index < -0.39 is 0 Å². The van der Waals surface area contributed by atoms with E-state index >= 15 is 0 Å². The second-order valence-electron chi connectivity index (χ2n) is 11.1. The van der Waals surface area contributed by atoms with Crippen LogP contribution in [0.1, 0.15) is 0 Å². The van der Waals surface area contributed by atoms with E-state index in [0.717, 1.165) is 55.0 Å². The van der Waals surface area contributed by atoms with Gasteiger partial charge in [0.05, 0.1) is 0 Å². The van der Waals surface area contributed by atoms with E-state index in [1.807, 2.05) is 85.1 Å². The van der Waals surface area contributed by atoms with Gasteiger partial charge in [-0.25, -0.2) is 15.0 Å². The van der Waals surface area contributed by atoms with Gasteiger partial charge in [0.25, 0.3) is 0 Å². The summed E-state index contributed by atoms with van der Waals surface area (Å²) in [4.78, 5) is 19.3. The number of para-hydroxylation sites is 1. The molecule has 5 heteroatoms. The normalized spacial score (nSPS) is 11.6. The zero-order valence-electron chi connectivity index (χ0n) is 24.1. The molecule has 3 heterocycles. The zero-order chi connectivity index (χ0) is 29.7. The number of hydrogen-bond acceptors (Lipinski definition) is 5. The summed E-state index contributed by atoms with van der Waals surface area (Å²) in [6.45, 7) is 0. The van der Waals surface area contributed by atoms with Crippen LogP contribution in [0.25, 0.3) is 88.9 Å². The predicted octanol–water partition coefficient (Wildman–Crippen LogP) is 10.1. The molecule has 9 aromatic rings. The van der Waals surface area contributed by atoms with E-state index in [0.29, 0.717) is 23.2 Å².